The molecule has 1 aromatic rings. The molecule has 1 aromatic heterocycles. The largest absolute Gasteiger partial charge is 0.293 e. The Labute approximate surface area is 122 Å². The van der Waals surface area contributed by atoms with Crippen molar-refractivity contribution in [3.8, 4) is 6.07 Å². The van der Waals surface area contributed by atoms with Crippen molar-refractivity contribution < 1.29 is 9.59 Å². The summed E-state index contributed by atoms with van der Waals surface area (Å²) in [5, 5.41) is 11.3. The molecule has 0 aliphatic heterocycles. The van der Waals surface area contributed by atoms with Crippen molar-refractivity contribution in [2.24, 2.45) is 5.92 Å². The van der Waals surface area contributed by atoms with Crippen LogP contribution < -0.4 is 4.90 Å². The van der Waals surface area contributed by atoms with Crippen molar-refractivity contribution in [3.63, 3.8) is 0 Å². The van der Waals surface area contributed by atoms with Crippen molar-refractivity contribution in [2.75, 3.05) is 11.4 Å². The lowest BCUT2D eigenvalue weighted by Crippen LogP contribution is -2.27. The van der Waals surface area contributed by atoms with E-state index in [1.807, 2.05) is 13.0 Å². The third-order valence-corrected chi connectivity index (χ3v) is 3.52. The molecule has 0 saturated carbocycles. The number of rotatable bonds is 5. The van der Waals surface area contributed by atoms with Crippen LogP contribution in [0.15, 0.2) is 11.0 Å². The first-order valence-electron chi connectivity index (χ1n) is 6.30. The molecule has 1 heterocycles. The maximum Gasteiger partial charge on any atom is 0.225 e. The minimum Gasteiger partial charge on any atom is -0.293 e. The summed E-state index contributed by atoms with van der Waals surface area (Å²) in [4.78, 5) is 29.1. The highest BCUT2D eigenvalue weighted by atomic mass is 32.1. The summed E-state index contributed by atoms with van der Waals surface area (Å²) < 4.78 is 0. The average molecular weight is 291 g/mol. The monoisotopic (exact) mass is 291 g/mol. The predicted molar refractivity (Wildman–Crippen MR) is 79.3 cm³/mol. The molecule has 0 aromatic carbocycles. The van der Waals surface area contributed by atoms with Gasteiger partial charge in [0.1, 0.15) is 6.07 Å². The van der Waals surface area contributed by atoms with Gasteiger partial charge in [0.25, 0.3) is 0 Å². The van der Waals surface area contributed by atoms with E-state index in [-0.39, 0.29) is 23.2 Å². The highest BCUT2D eigenvalue weighted by molar-refractivity contribution is 7.14. The van der Waals surface area contributed by atoms with E-state index in [1.54, 1.807) is 24.1 Å². The minimum absolute atomic E-state index is 0.0859. The zero-order valence-corrected chi connectivity index (χ0v) is 12.8. The summed E-state index contributed by atoms with van der Waals surface area (Å²) in [6, 6.07) is 1.90. The Morgan fingerprint density at radius 3 is 2.65 bits per heavy atom. The van der Waals surface area contributed by atoms with E-state index >= 15 is 0 Å². The van der Waals surface area contributed by atoms with E-state index in [4.69, 9.17) is 5.26 Å². The van der Waals surface area contributed by atoms with Gasteiger partial charge in [-0.25, -0.2) is 4.98 Å². The minimum atomic E-state index is -0.233. The molecule has 1 rings (SSSR count). The number of hydrogen-bond donors (Lipinski definition) is 0. The number of thiazole rings is 1. The number of Topliss-reactive ketones (excluding diaryl/α,β-unsaturated/α-hetero) is 1. The smallest absolute Gasteiger partial charge is 0.225 e. The van der Waals surface area contributed by atoms with E-state index in [0.29, 0.717) is 17.4 Å². The summed E-state index contributed by atoms with van der Waals surface area (Å²) in [7, 11) is 0. The molecule has 0 aliphatic carbocycles. The normalized spacial score (nSPS) is 11.3. The molecular weight excluding hydrogens is 274 g/mol. The Bertz CT molecular complexity index is 581. The summed E-state index contributed by atoms with van der Waals surface area (Å²) >= 11 is 1.31. The van der Waals surface area contributed by atoms with Crippen molar-refractivity contribution in [2.45, 2.75) is 27.7 Å². The topological polar surface area (TPSA) is 74.1 Å². The van der Waals surface area contributed by atoms with Gasteiger partial charge in [-0.3, -0.25) is 14.5 Å². The zero-order valence-electron chi connectivity index (χ0n) is 12.0. The quantitative estimate of drug-likeness (QED) is 0.617. The lowest BCUT2D eigenvalue weighted by Gasteiger charge is -2.14. The first-order valence-corrected chi connectivity index (χ1v) is 7.18. The molecule has 0 unspecified atom stereocenters. The van der Waals surface area contributed by atoms with Crippen LogP contribution in [0, 0.1) is 17.2 Å². The number of nitrogens with zero attached hydrogens (tertiary/aromatic N) is 3. The standard InChI is InChI=1S/C14H17N3O2S/c1-5-17(10(4)18)14-16-12(8-20-14)6-11(7-15)13(19)9(2)3/h6,8-9H,5H2,1-4H3. The second kappa shape index (κ2) is 6.96. The number of carbonyl (C=O) groups is 2. The van der Waals surface area contributed by atoms with Gasteiger partial charge in [-0.05, 0) is 13.0 Å². The van der Waals surface area contributed by atoms with E-state index in [1.165, 1.54) is 24.3 Å². The Balaban J connectivity index is 3.06. The third-order valence-electron chi connectivity index (χ3n) is 2.64. The summed E-state index contributed by atoms with van der Waals surface area (Å²) in [5.74, 6) is -0.527. The summed E-state index contributed by atoms with van der Waals surface area (Å²) in [6.07, 6.45) is 1.47. The molecule has 0 aliphatic rings. The van der Waals surface area contributed by atoms with Gasteiger partial charge in [0, 0.05) is 24.8 Å². The summed E-state index contributed by atoms with van der Waals surface area (Å²) in [6.45, 7) is 7.36. The van der Waals surface area contributed by atoms with Crippen LogP contribution in [-0.4, -0.2) is 23.2 Å². The Hall–Kier alpha value is -2.00. The maximum absolute atomic E-state index is 11.8. The molecule has 0 bridgehead atoms. The van der Waals surface area contributed by atoms with E-state index in [0.717, 1.165) is 0 Å². The SMILES string of the molecule is CCN(C(C)=O)c1nc(C=C(C#N)C(=O)C(C)C)cs1. The van der Waals surface area contributed by atoms with E-state index in [9.17, 15) is 9.59 Å². The molecule has 106 valence electrons. The fraction of sp³-hybridized carbons (Fsp3) is 0.429. The van der Waals surface area contributed by atoms with Crippen LogP contribution in [0.4, 0.5) is 5.13 Å². The van der Waals surface area contributed by atoms with Crippen molar-refractivity contribution >= 4 is 34.2 Å². The van der Waals surface area contributed by atoms with Crippen LogP contribution in [-0.2, 0) is 9.59 Å². The first-order chi connectivity index (χ1) is 9.40. The fourth-order valence-corrected chi connectivity index (χ4v) is 2.47. The van der Waals surface area contributed by atoms with Crippen molar-refractivity contribution in [3.05, 3.63) is 16.6 Å². The molecule has 0 atom stereocenters. The molecule has 1 amide bonds. The van der Waals surface area contributed by atoms with Crippen LogP contribution in [0.1, 0.15) is 33.4 Å². The Morgan fingerprint density at radius 1 is 1.55 bits per heavy atom. The molecule has 0 fully saturated rings. The number of ketones is 1. The molecule has 0 saturated heterocycles. The third kappa shape index (κ3) is 3.75. The van der Waals surface area contributed by atoms with E-state index < -0.39 is 0 Å². The van der Waals surface area contributed by atoms with Crippen LogP contribution in [0.5, 0.6) is 0 Å². The lowest BCUT2D eigenvalue weighted by atomic mass is 10.0. The molecule has 0 N–H and O–H groups in total. The number of nitriles is 1. The van der Waals surface area contributed by atoms with Gasteiger partial charge in [-0.2, -0.15) is 5.26 Å². The molecule has 20 heavy (non-hydrogen) atoms. The highest BCUT2D eigenvalue weighted by Gasteiger charge is 2.16. The van der Waals surface area contributed by atoms with Crippen LogP contribution >= 0.6 is 11.3 Å². The number of carbonyl (C=O) groups excluding carboxylic acids is 2. The molecule has 6 heteroatoms. The number of allylic oxidation sites excluding steroid dienone is 1. The average Bonchev–Trinajstić information content (AvgIpc) is 2.83. The van der Waals surface area contributed by atoms with E-state index in [2.05, 4.69) is 4.98 Å². The molecule has 5 nitrogen and oxygen atoms in total. The Morgan fingerprint density at radius 2 is 2.20 bits per heavy atom. The number of aromatic nitrogens is 1. The second-order valence-electron chi connectivity index (χ2n) is 4.51. The van der Waals surface area contributed by atoms with Crippen LogP contribution in [0.3, 0.4) is 0 Å². The van der Waals surface area contributed by atoms with Gasteiger partial charge in [0.05, 0.1) is 11.3 Å². The Kier molecular flexibility index (Phi) is 5.59. The number of hydrogen-bond acceptors (Lipinski definition) is 5. The first kappa shape index (κ1) is 16.1. The van der Waals surface area contributed by atoms with Crippen molar-refractivity contribution in [1.82, 2.24) is 4.98 Å². The predicted octanol–water partition coefficient (Wildman–Crippen LogP) is 2.65. The molecule has 0 spiro atoms. The zero-order chi connectivity index (χ0) is 15.3. The molecule has 0 radical (unpaired) electrons. The van der Waals surface area contributed by atoms with Crippen LogP contribution in [0.25, 0.3) is 6.08 Å². The van der Waals surface area contributed by atoms with Gasteiger partial charge in [-0.1, -0.05) is 13.8 Å². The van der Waals surface area contributed by atoms with Gasteiger partial charge in [-0.15, -0.1) is 11.3 Å². The number of anilines is 1. The molecular formula is C14H17N3O2S. The highest BCUT2D eigenvalue weighted by Crippen LogP contribution is 2.22. The second-order valence-corrected chi connectivity index (χ2v) is 5.34. The fourth-order valence-electron chi connectivity index (χ4n) is 1.58. The maximum atomic E-state index is 11.8. The number of amides is 1. The van der Waals surface area contributed by atoms with Crippen molar-refractivity contribution in [1.29, 1.82) is 5.26 Å². The van der Waals surface area contributed by atoms with Crippen LogP contribution in [0.2, 0.25) is 0 Å². The van der Waals surface area contributed by atoms with Gasteiger partial charge < -0.3 is 0 Å². The van der Waals surface area contributed by atoms with Gasteiger partial charge >= 0.3 is 0 Å². The van der Waals surface area contributed by atoms with Gasteiger partial charge in [0.2, 0.25) is 5.91 Å². The summed E-state index contributed by atoms with van der Waals surface area (Å²) in [5.41, 5.74) is 0.609. The lowest BCUT2D eigenvalue weighted by molar-refractivity contribution is -0.118. The van der Waals surface area contributed by atoms with Gasteiger partial charge in [0.15, 0.2) is 10.9 Å².